The lowest BCUT2D eigenvalue weighted by molar-refractivity contribution is 0.207. The fraction of sp³-hybridized carbons (Fsp3) is 0.240. The Morgan fingerprint density at radius 2 is 1.94 bits per heavy atom. The number of nitrogens with zero attached hydrogens (tertiary/aromatic N) is 6. The van der Waals surface area contributed by atoms with Crippen LogP contribution in [0.3, 0.4) is 0 Å². The molecule has 9 heteroatoms. The van der Waals surface area contributed by atoms with E-state index in [2.05, 4.69) is 93.4 Å². The van der Waals surface area contributed by atoms with E-state index in [-0.39, 0.29) is 0 Å². The van der Waals surface area contributed by atoms with Crippen molar-refractivity contribution in [1.29, 1.82) is 0 Å². The average Bonchev–Trinajstić information content (AvgIpc) is 3.58. The highest BCUT2D eigenvalue weighted by atomic mass is 32.2. The number of fused-ring (bicyclic) bond motifs is 2. The van der Waals surface area contributed by atoms with E-state index in [4.69, 9.17) is 9.72 Å². The third-order valence-corrected chi connectivity index (χ3v) is 7.50. The third-order valence-electron chi connectivity index (χ3n) is 6.16. The molecule has 170 valence electrons. The van der Waals surface area contributed by atoms with Crippen molar-refractivity contribution >= 4 is 22.9 Å². The van der Waals surface area contributed by atoms with Crippen molar-refractivity contribution in [1.82, 2.24) is 35.2 Å². The van der Waals surface area contributed by atoms with Crippen molar-refractivity contribution in [2.24, 2.45) is 0 Å². The third kappa shape index (κ3) is 3.27. The molecule has 3 aromatic heterocycles. The van der Waals surface area contributed by atoms with Crippen LogP contribution >= 0.6 is 11.8 Å². The number of imidazole rings is 1. The number of tetrazole rings is 1. The van der Waals surface area contributed by atoms with Gasteiger partial charge in [-0.3, -0.25) is 0 Å². The van der Waals surface area contributed by atoms with E-state index >= 15 is 0 Å². The number of aromatic nitrogens is 7. The molecule has 1 aliphatic rings. The van der Waals surface area contributed by atoms with Gasteiger partial charge < -0.3 is 9.30 Å². The summed E-state index contributed by atoms with van der Waals surface area (Å²) in [4.78, 5) is 9.61. The lowest BCUT2D eigenvalue weighted by Crippen LogP contribution is -2.29. The van der Waals surface area contributed by atoms with E-state index in [0.29, 0.717) is 12.4 Å². The molecule has 0 bridgehead atoms. The van der Waals surface area contributed by atoms with Gasteiger partial charge in [0.2, 0.25) is 10.8 Å². The van der Waals surface area contributed by atoms with Gasteiger partial charge in [0.25, 0.3) is 0 Å². The van der Waals surface area contributed by atoms with E-state index < -0.39 is 4.93 Å². The topological polar surface area (TPSA) is 94.4 Å². The van der Waals surface area contributed by atoms with Gasteiger partial charge in [-0.1, -0.05) is 54.6 Å². The first-order chi connectivity index (χ1) is 16.6. The number of hydrogen-bond donors (Lipinski definition) is 1. The van der Waals surface area contributed by atoms with Gasteiger partial charge in [0, 0.05) is 18.2 Å². The van der Waals surface area contributed by atoms with E-state index in [1.54, 1.807) is 11.8 Å². The summed E-state index contributed by atoms with van der Waals surface area (Å²) in [5.74, 6) is 2.32. The monoisotopic (exact) mass is 469 g/mol. The van der Waals surface area contributed by atoms with Crippen LogP contribution in [0.1, 0.15) is 40.8 Å². The summed E-state index contributed by atoms with van der Waals surface area (Å²) in [6.45, 7) is 6.92. The second-order valence-electron chi connectivity index (χ2n) is 8.47. The van der Waals surface area contributed by atoms with Crippen LogP contribution in [0.15, 0.2) is 59.6 Å². The zero-order chi connectivity index (χ0) is 23.3. The maximum atomic E-state index is 6.63. The largest absolute Gasteiger partial charge is 0.463 e. The van der Waals surface area contributed by atoms with Gasteiger partial charge in [0.05, 0.1) is 11.4 Å². The number of hydrogen-bond acceptors (Lipinski definition) is 7. The van der Waals surface area contributed by atoms with E-state index in [1.165, 1.54) is 5.56 Å². The number of benzene rings is 2. The first kappa shape index (κ1) is 20.9. The zero-order valence-electron chi connectivity index (χ0n) is 19.1. The molecule has 8 nitrogen and oxygen atoms in total. The van der Waals surface area contributed by atoms with Gasteiger partial charge in [0.1, 0.15) is 17.1 Å². The molecule has 5 aromatic rings. The quantitative estimate of drug-likeness (QED) is 0.403. The van der Waals surface area contributed by atoms with Crippen molar-refractivity contribution in [3.05, 3.63) is 88.6 Å². The van der Waals surface area contributed by atoms with Crippen molar-refractivity contribution < 1.29 is 4.74 Å². The van der Waals surface area contributed by atoms with Gasteiger partial charge in [-0.25, -0.2) is 9.97 Å². The van der Waals surface area contributed by atoms with Crippen LogP contribution < -0.4 is 4.74 Å². The van der Waals surface area contributed by atoms with Crippen LogP contribution in [-0.4, -0.2) is 35.2 Å². The zero-order valence-corrected chi connectivity index (χ0v) is 19.9. The minimum atomic E-state index is -0.892. The molecule has 0 fully saturated rings. The Morgan fingerprint density at radius 1 is 1.09 bits per heavy atom. The second-order valence-corrected chi connectivity index (χ2v) is 9.69. The Labute approximate surface area is 200 Å². The van der Waals surface area contributed by atoms with Gasteiger partial charge >= 0.3 is 0 Å². The number of aryl methyl sites for hydroxylation is 3. The molecule has 0 radical (unpaired) electrons. The molecule has 1 N–H and O–H groups in total. The fourth-order valence-electron chi connectivity index (χ4n) is 4.36. The average molecular weight is 470 g/mol. The second kappa shape index (κ2) is 7.95. The highest BCUT2D eigenvalue weighted by Crippen LogP contribution is 2.55. The summed E-state index contributed by atoms with van der Waals surface area (Å²) in [6.07, 6.45) is 2.68. The summed E-state index contributed by atoms with van der Waals surface area (Å²) in [5.41, 5.74) is 6.27. The highest BCUT2D eigenvalue weighted by molar-refractivity contribution is 8.00. The van der Waals surface area contributed by atoms with E-state index in [0.717, 1.165) is 50.7 Å². The van der Waals surface area contributed by atoms with Crippen LogP contribution in [0.5, 0.6) is 5.75 Å². The SMILES string of the molecule is CCc1nc2c(C)ccnc2n1Cc1ccc2c(c1)OC(c1ccc(C)cc1)(c1nn[nH]n1)S2. The molecule has 4 heterocycles. The summed E-state index contributed by atoms with van der Waals surface area (Å²) < 4.78 is 8.82. The standard InChI is InChI=1S/C25H23N7OS/c1-4-21-27-22-16(3)11-12-26-23(22)32(21)14-17-7-10-20-19(13-17)33-25(34-20,24-28-30-31-29-24)18-8-5-15(2)6-9-18/h5-13H,4,14H2,1-3H3,(H,28,29,30,31). The smallest absolute Gasteiger partial charge is 0.248 e. The van der Waals surface area contributed by atoms with Gasteiger partial charge in [0.15, 0.2) is 5.65 Å². The molecular weight excluding hydrogens is 446 g/mol. The van der Waals surface area contributed by atoms with Gasteiger partial charge in [-0.05, 0) is 48.4 Å². The molecule has 0 amide bonds. The molecule has 1 unspecified atom stereocenters. The van der Waals surface area contributed by atoms with Gasteiger partial charge in [-0.2, -0.15) is 5.21 Å². The molecular formula is C25H23N7OS. The Balaban J connectivity index is 1.39. The Kier molecular flexibility index (Phi) is 4.88. The van der Waals surface area contributed by atoms with Crippen molar-refractivity contribution in [3.63, 3.8) is 0 Å². The number of H-pyrrole nitrogens is 1. The first-order valence-corrected chi connectivity index (χ1v) is 12.0. The lowest BCUT2D eigenvalue weighted by atomic mass is 10.1. The minimum Gasteiger partial charge on any atom is -0.463 e. The summed E-state index contributed by atoms with van der Waals surface area (Å²) in [6, 6.07) is 16.6. The number of aromatic amines is 1. The molecule has 1 aliphatic heterocycles. The molecule has 1 atom stereocenters. The predicted octanol–water partition coefficient (Wildman–Crippen LogP) is 4.56. The predicted molar refractivity (Wildman–Crippen MR) is 130 cm³/mol. The number of thioether (sulfide) groups is 1. The summed E-state index contributed by atoms with van der Waals surface area (Å²) >= 11 is 1.59. The number of rotatable bonds is 5. The van der Waals surface area contributed by atoms with Crippen LogP contribution in [-0.2, 0) is 17.9 Å². The maximum absolute atomic E-state index is 6.63. The Hall–Kier alpha value is -3.72. The van der Waals surface area contributed by atoms with Crippen LogP contribution in [0.4, 0.5) is 0 Å². The van der Waals surface area contributed by atoms with Crippen LogP contribution in [0, 0.1) is 13.8 Å². The summed E-state index contributed by atoms with van der Waals surface area (Å²) in [5, 5.41) is 14.9. The fourth-order valence-corrected chi connectivity index (χ4v) is 5.57. The Bertz CT molecular complexity index is 1490. The molecule has 6 rings (SSSR count). The normalized spacial score (nSPS) is 17.1. The van der Waals surface area contributed by atoms with E-state index in [1.807, 2.05) is 12.3 Å². The number of ether oxygens (including phenoxy) is 1. The summed E-state index contributed by atoms with van der Waals surface area (Å²) in [7, 11) is 0. The van der Waals surface area contributed by atoms with E-state index in [9.17, 15) is 0 Å². The highest BCUT2D eigenvalue weighted by Gasteiger charge is 2.47. The lowest BCUT2D eigenvalue weighted by Gasteiger charge is -2.24. The van der Waals surface area contributed by atoms with Crippen LogP contribution in [0.2, 0.25) is 0 Å². The Morgan fingerprint density at radius 3 is 2.71 bits per heavy atom. The molecule has 0 saturated heterocycles. The molecule has 0 spiro atoms. The van der Waals surface area contributed by atoms with Crippen molar-refractivity contribution in [2.75, 3.05) is 0 Å². The maximum Gasteiger partial charge on any atom is 0.248 e. The molecule has 0 saturated carbocycles. The number of nitrogens with one attached hydrogen (secondary N) is 1. The van der Waals surface area contributed by atoms with Gasteiger partial charge in [-0.15, -0.1) is 10.2 Å². The molecule has 2 aromatic carbocycles. The first-order valence-electron chi connectivity index (χ1n) is 11.2. The minimum absolute atomic E-state index is 0.493. The molecule has 34 heavy (non-hydrogen) atoms. The number of pyridine rings is 1. The van der Waals surface area contributed by atoms with Crippen LogP contribution in [0.25, 0.3) is 11.2 Å². The molecule has 0 aliphatic carbocycles. The van der Waals surface area contributed by atoms with Crippen molar-refractivity contribution in [3.8, 4) is 5.75 Å². The van der Waals surface area contributed by atoms with Crippen molar-refractivity contribution in [2.45, 2.75) is 43.6 Å².